The van der Waals surface area contributed by atoms with Crippen LogP contribution in [0, 0.1) is 11.8 Å². The molecule has 0 aromatic heterocycles. The van der Waals surface area contributed by atoms with E-state index in [9.17, 15) is 5.11 Å². The maximum atomic E-state index is 10.5. The zero-order valence-corrected chi connectivity index (χ0v) is 11.5. The van der Waals surface area contributed by atoms with Crippen LogP contribution in [0.4, 0.5) is 0 Å². The van der Waals surface area contributed by atoms with Crippen molar-refractivity contribution in [1.29, 1.82) is 0 Å². The molecular formula is C18H22O. The Morgan fingerprint density at radius 1 is 1.11 bits per heavy atom. The molecule has 100 valence electrons. The molecule has 1 saturated carbocycles. The monoisotopic (exact) mass is 254 g/mol. The quantitative estimate of drug-likeness (QED) is 0.871. The second kappa shape index (κ2) is 5.34. The SMILES string of the molecule is CC1CCCC1C(O)Cc1cccc2ccccc12. The van der Waals surface area contributed by atoms with Crippen LogP contribution in [0.3, 0.4) is 0 Å². The van der Waals surface area contributed by atoms with Gasteiger partial charge in [0.2, 0.25) is 0 Å². The molecule has 3 unspecified atom stereocenters. The molecule has 1 aliphatic rings. The third-order valence-corrected chi connectivity index (χ3v) is 4.73. The summed E-state index contributed by atoms with van der Waals surface area (Å²) in [5, 5.41) is 13.1. The van der Waals surface area contributed by atoms with Gasteiger partial charge < -0.3 is 5.11 Å². The summed E-state index contributed by atoms with van der Waals surface area (Å²) in [5.41, 5.74) is 1.28. The van der Waals surface area contributed by atoms with E-state index in [1.165, 1.54) is 35.6 Å². The fourth-order valence-corrected chi connectivity index (χ4v) is 3.59. The van der Waals surface area contributed by atoms with Crippen LogP contribution in [0.5, 0.6) is 0 Å². The Labute approximate surface area is 115 Å². The first-order valence-electron chi connectivity index (χ1n) is 7.40. The Balaban J connectivity index is 1.85. The molecule has 0 aliphatic heterocycles. The zero-order valence-electron chi connectivity index (χ0n) is 11.5. The predicted molar refractivity (Wildman–Crippen MR) is 80.2 cm³/mol. The van der Waals surface area contributed by atoms with Gasteiger partial charge in [0.25, 0.3) is 0 Å². The van der Waals surface area contributed by atoms with Crippen LogP contribution in [0.15, 0.2) is 42.5 Å². The van der Waals surface area contributed by atoms with Crippen molar-refractivity contribution in [3.63, 3.8) is 0 Å². The van der Waals surface area contributed by atoms with Crippen LogP contribution in [0.25, 0.3) is 10.8 Å². The van der Waals surface area contributed by atoms with Gasteiger partial charge in [-0.05, 0) is 41.0 Å². The predicted octanol–water partition coefficient (Wildman–Crippen LogP) is 4.18. The van der Waals surface area contributed by atoms with Gasteiger partial charge in [-0.3, -0.25) is 0 Å². The summed E-state index contributed by atoms with van der Waals surface area (Å²) in [7, 11) is 0. The molecule has 2 aromatic rings. The van der Waals surface area contributed by atoms with Crippen molar-refractivity contribution in [2.24, 2.45) is 11.8 Å². The van der Waals surface area contributed by atoms with E-state index in [-0.39, 0.29) is 6.10 Å². The lowest BCUT2D eigenvalue weighted by atomic mass is 9.87. The standard InChI is InChI=1S/C18H22O/c1-13-6-4-11-16(13)18(19)12-15-9-5-8-14-7-2-3-10-17(14)15/h2-3,5,7-10,13,16,18-19H,4,6,11-12H2,1H3. The molecule has 0 spiro atoms. The maximum absolute atomic E-state index is 10.5. The van der Waals surface area contributed by atoms with Crippen molar-refractivity contribution in [2.75, 3.05) is 0 Å². The van der Waals surface area contributed by atoms with Crippen LogP contribution in [0.2, 0.25) is 0 Å². The van der Waals surface area contributed by atoms with Crippen molar-refractivity contribution in [3.8, 4) is 0 Å². The Morgan fingerprint density at radius 2 is 1.89 bits per heavy atom. The van der Waals surface area contributed by atoms with E-state index in [4.69, 9.17) is 0 Å². The topological polar surface area (TPSA) is 20.2 Å². The molecule has 0 heterocycles. The summed E-state index contributed by atoms with van der Waals surface area (Å²) in [6.07, 6.45) is 4.34. The van der Waals surface area contributed by atoms with Crippen molar-refractivity contribution >= 4 is 10.8 Å². The molecule has 1 N–H and O–H groups in total. The van der Waals surface area contributed by atoms with E-state index in [1.54, 1.807) is 0 Å². The van der Waals surface area contributed by atoms with Gasteiger partial charge >= 0.3 is 0 Å². The molecular weight excluding hydrogens is 232 g/mol. The summed E-state index contributed by atoms with van der Waals surface area (Å²) in [6, 6.07) is 14.9. The maximum Gasteiger partial charge on any atom is 0.0611 e. The number of aliphatic hydroxyl groups is 1. The van der Waals surface area contributed by atoms with Gasteiger partial charge in [-0.15, -0.1) is 0 Å². The van der Waals surface area contributed by atoms with Crippen molar-refractivity contribution in [2.45, 2.75) is 38.7 Å². The lowest BCUT2D eigenvalue weighted by Crippen LogP contribution is -2.24. The summed E-state index contributed by atoms with van der Waals surface area (Å²) < 4.78 is 0. The first kappa shape index (κ1) is 12.7. The van der Waals surface area contributed by atoms with E-state index < -0.39 is 0 Å². The molecule has 0 amide bonds. The molecule has 19 heavy (non-hydrogen) atoms. The smallest absolute Gasteiger partial charge is 0.0611 e. The minimum atomic E-state index is -0.191. The fraction of sp³-hybridized carbons (Fsp3) is 0.444. The third-order valence-electron chi connectivity index (χ3n) is 4.73. The Morgan fingerprint density at radius 3 is 2.68 bits per heavy atom. The Hall–Kier alpha value is -1.34. The largest absolute Gasteiger partial charge is 0.392 e. The van der Waals surface area contributed by atoms with Gasteiger partial charge in [0.1, 0.15) is 0 Å². The van der Waals surface area contributed by atoms with Crippen molar-refractivity contribution in [3.05, 3.63) is 48.0 Å². The molecule has 3 rings (SSSR count). The minimum absolute atomic E-state index is 0.191. The highest BCUT2D eigenvalue weighted by atomic mass is 16.3. The molecule has 1 fully saturated rings. The van der Waals surface area contributed by atoms with Gasteiger partial charge in [0.05, 0.1) is 6.10 Å². The van der Waals surface area contributed by atoms with Crippen LogP contribution in [-0.2, 0) is 6.42 Å². The minimum Gasteiger partial charge on any atom is -0.392 e. The van der Waals surface area contributed by atoms with Gasteiger partial charge in [-0.25, -0.2) is 0 Å². The summed E-state index contributed by atoms with van der Waals surface area (Å²) in [6.45, 7) is 2.28. The molecule has 2 aromatic carbocycles. The number of aliphatic hydroxyl groups excluding tert-OH is 1. The zero-order chi connectivity index (χ0) is 13.2. The normalized spacial score (nSPS) is 24.7. The number of hydrogen-bond acceptors (Lipinski definition) is 1. The van der Waals surface area contributed by atoms with Crippen LogP contribution in [0.1, 0.15) is 31.7 Å². The highest BCUT2D eigenvalue weighted by molar-refractivity contribution is 5.85. The molecule has 1 aliphatic carbocycles. The fourth-order valence-electron chi connectivity index (χ4n) is 3.59. The number of rotatable bonds is 3. The summed E-state index contributed by atoms with van der Waals surface area (Å²) in [4.78, 5) is 0. The number of hydrogen-bond donors (Lipinski definition) is 1. The highest BCUT2D eigenvalue weighted by Crippen LogP contribution is 2.35. The lowest BCUT2D eigenvalue weighted by Gasteiger charge is -2.22. The average molecular weight is 254 g/mol. The number of benzene rings is 2. The van der Waals surface area contributed by atoms with Gasteiger partial charge in [-0.1, -0.05) is 62.2 Å². The second-order valence-electron chi connectivity index (χ2n) is 5.98. The highest BCUT2D eigenvalue weighted by Gasteiger charge is 2.29. The third kappa shape index (κ3) is 2.52. The molecule has 0 bridgehead atoms. The van der Waals surface area contributed by atoms with Crippen LogP contribution < -0.4 is 0 Å². The van der Waals surface area contributed by atoms with Gasteiger partial charge in [0, 0.05) is 0 Å². The van der Waals surface area contributed by atoms with E-state index >= 15 is 0 Å². The van der Waals surface area contributed by atoms with Gasteiger partial charge in [-0.2, -0.15) is 0 Å². The molecule has 0 saturated heterocycles. The van der Waals surface area contributed by atoms with E-state index in [2.05, 4.69) is 49.4 Å². The lowest BCUT2D eigenvalue weighted by molar-refractivity contribution is 0.0904. The molecule has 1 nitrogen and oxygen atoms in total. The van der Waals surface area contributed by atoms with E-state index in [0.29, 0.717) is 11.8 Å². The summed E-state index contributed by atoms with van der Waals surface area (Å²) in [5.74, 6) is 1.16. The van der Waals surface area contributed by atoms with Crippen LogP contribution in [-0.4, -0.2) is 11.2 Å². The Kier molecular flexibility index (Phi) is 3.56. The first-order chi connectivity index (χ1) is 9.25. The van der Waals surface area contributed by atoms with Gasteiger partial charge in [0.15, 0.2) is 0 Å². The molecule has 1 heteroatoms. The second-order valence-corrected chi connectivity index (χ2v) is 5.98. The van der Waals surface area contributed by atoms with Crippen molar-refractivity contribution in [1.82, 2.24) is 0 Å². The average Bonchev–Trinajstić information content (AvgIpc) is 2.85. The first-order valence-corrected chi connectivity index (χ1v) is 7.40. The summed E-state index contributed by atoms with van der Waals surface area (Å²) >= 11 is 0. The number of fused-ring (bicyclic) bond motifs is 1. The van der Waals surface area contributed by atoms with E-state index in [0.717, 1.165) is 6.42 Å². The Bertz CT molecular complexity index is 555. The molecule has 0 radical (unpaired) electrons. The van der Waals surface area contributed by atoms with E-state index in [1.807, 2.05) is 0 Å². The molecule has 3 atom stereocenters. The van der Waals surface area contributed by atoms with Crippen LogP contribution >= 0.6 is 0 Å². The van der Waals surface area contributed by atoms with Crippen molar-refractivity contribution < 1.29 is 5.11 Å².